The van der Waals surface area contributed by atoms with Gasteiger partial charge < -0.3 is 5.32 Å². The highest BCUT2D eigenvalue weighted by Gasteiger charge is 2.20. The number of aromatic nitrogens is 2. The molecule has 2 aromatic heterocycles. The van der Waals surface area contributed by atoms with E-state index in [1.807, 2.05) is 11.3 Å². The number of anilines is 1. The fraction of sp³-hybridized carbons (Fsp3) is 0.571. The van der Waals surface area contributed by atoms with Gasteiger partial charge in [-0.2, -0.15) is 4.37 Å². The molecule has 0 aliphatic heterocycles. The Morgan fingerprint density at radius 1 is 1.32 bits per heavy atom. The Morgan fingerprint density at radius 2 is 2.05 bits per heavy atom. The zero-order chi connectivity index (χ0) is 14.0. The van der Waals surface area contributed by atoms with E-state index in [4.69, 9.17) is 0 Å². The van der Waals surface area contributed by atoms with E-state index in [9.17, 15) is 0 Å². The molecule has 1 unspecified atom stereocenters. The lowest BCUT2D eigenvalue weighted by molar-refractivity contribution is 0.555. The van der Waals surface area contributed by atoms with Crippen molar-refractivity contribution in [2.45, 2.75) is 52.5 Å². The summed E-state index contributed by atoms with van der Waals surface area (Å²) in [7, 11) is 0. The Hall–Kier alpha value is -0.940. The topological polar surface area (TPSA) is 37.8 Å². The summed E-state index contributed by atoms with van der Waals surface area (Å²) in [6.07, 6.45) is 1.03. The highest BCUT2D eigenvalue weighted by atomic mass is 32.1. The number of hydrogen-bond donors (Lipinski definition) is 1. The van der Waals surface area contributed by atoms with Crippen LogP contribution in [0.3, 0.4) is 0 Å². The largest absolute Gasteiger partial charge is 0.357 e. The minimum atomic E-state index is 0.0184. The Morgan fingerprint density at radius 3 is 2.58 bits per heavy atom. The Kier molecular flexibility index (Phi) is 4.26. The standard InChI is InChI=1S/C14H21N3S2/c1-9(8-11-7-6-10(2)18-11)15-13-16-12(17-19-13)14(3,4)5/h6-7,9H,8H2,1-5H3,(H,15,16,17). The van der Waals surface area contributed by atoms with Crippen molar-refractivity contribution in [1.82, 2.24) is 9.36 Å². The van der Waals surface area contributed by atoms with Crippen LogP contribution < -0.4 is 5.32 Å². The van der Waals surface area contributed by atoms with Crippen LogP contribution in [0.15, 0.2) is 12.1 Å². The van der Waals surface area contributed by atoms with Crippen molar-refractivity contribution in [3.8, 4) is 0 Å². The molecule has 0 saturated carbocycles. The Bertz CT molecular complexity index is 537. The molecule has 0 fully saturated rings. The zero-order valence-corrected chi connectivity index (χ0v) is 13.8. The third kappa shape index (κ3) is 4.01. The molecule has 5 heteroatoms. The summed E-state index contributed by atoms with van der Waals surface area (Å²) in [5, 5.41) is 4.37. The normalized spacial score (nSPS) is 13.5. The maximum atomic E-state index is 4.57. The number of thiophene rings is 1. The SMILES string of the molecule is Cc1ccc(CC(C)Nc2nc(C(C)(C)C)ns2)s1. The van der Waals surface area contributed by atoms with Crippen molar-refractivity contribution in [2.24, 2.45) is 0 Å². The molecule has 0 bridgehead atoms. The van der Waals surface area contributed by atoms with Crippen LogP contribution in [0.5, 0.6) is 0 Å². The van der Waals surface area contributed by atoms with Gasteiger partial charge in [0.25, 0.3) is 0 Å². The van der Waals surface area contributed by atoms with Gasteiger partial charge in [0.05, 0.1) is 0 Å². The van der Waals surface area contributed by atoms with Gasteiger partial charge >= 0.3 is 0 Å². The van der Waals surface area contributed by atoms with Gasteiger partial charge in [0.1, 0.15) is 5.82 Å². The zero-order valence-electron chi connectivity index (χ0n) is 12.2. The first-order valence-corrected chi connectivity index (χ1v) is 8.09. The van der Waals surface area contributed by atoms with E-state index in [0.29, 0.717) is 6.04 Å². The minimum Gasteiger partial charge on any atom is -0.357 e. The van der Waals surface area contributed by atoms with E-state index < -0.39 is 0 Å². The van der Waals surface area contributed by atoms with Gasteiger partial charge in [-0.05, 0) is 26.0 Å². The number of aryl methyl sites for hydroxylation is 1. The van der Waals surface area contributed by atoms with Crippen molar-refractivity contribution in [3.05, 3.63) is 27.7 Å². The lowest BCUT2D eigenvalue weighted by Crippen LogP contribution is -2.18. The van der Waals surface area contributed by atoms with Crippen molar-refractivity contribution < 1.29 is 0 Å². The summed E-state index contributed by atoms with van der Waals surface area (Å²) in [5.74, 6) is 0.916. The summed E-state index contributed by atoms with van der Waals surface area (Å²) >= 11 is 3.32. The van der Waals surface area contributed by atoms with Gasteiger partial charge in [0, 0.05) is 39.2 Å². The van der Waals surface area contributed by atoms with Crippen molar-refractivity contribution in [1.29, 1.82) is 0 Å². The van der Waals surface area contributed by atoms with Crippen LogP contribution in [0, 0.1) is 6.92 Å². The van der Waals surface area contributed by atoms with Crippen LogP contribution in [0.25, 0.3) is 0 Å². The molecule has 3 nitrogen and oxygen atoms in total. The molecular weight excluding hydrogens is 274 g/mol. The molecule has 0 aliphatic carbocycles. The van der Waals surface area contributed by atoms with Crippen LogP contribution in [0.4, 0.5) is 5.13 Å². The first-order valence-electron chi connectivity index (χ1n) is 6.50. The molecule has 19 heavy (non-hydrogen) atoms. The molecular formula is C14H21N3S2. The van der Waals surface area contributed by atoms with E-state index in [1.165, 1.54) is 21.3 Å². The first kappa shape index (κ1) is 14.5. The monoisotopic (exact) mass is 295 g/mol. The molecule has 1 atom stereocenters. The van der Waals surface area contributed by atoms with Crippen molar-refractivity contribution in [2.75, 3.05) is 5.32 Å². The fourth-order valence-corrected chi connectivity index (χ4v) is 3.63. The summed E-state index contributed by atoms with van der Waals surface area (Å²) in [6, 6.07) is 4.76. The third-order valence-corrected chi connectivity index (χ3v) is 4.44. The molecule has 0 radical (unpaired) electrons. The molecule has 1 N–H and O–H groups in total. The van der Waals surface area contributed by atoms with Gasteiger partial charge in [-0.25, -0.2) is 4.98 Å². The molecule has 104 valence electrons. The smallest absolute Gasteiger partial charge is 0.202 e. The predicted molar refractivity (Wildman–Crippen MR) is 84.5 cm³/mol. The predicted octanol–water partition coefficient (Wildman–Crippen LogP) is 4.25. The minimum absolute atomic E-state index is 0.0184. The third-order valence-electron chi connectivity index (χ3n) is 2.77. The second kappa shape index (κ2) is 5.59. The second-order valence-electron chi connectivity index (χ2n) is 5.94. The van der Waals surface area contributed by atoms with Gasteiger partial charge in [0.2, 0.25) is 5.13 Å². The van der Waals surface area contributed by atoms with Crippen molar-refractivity contribution >= 4 is 28.0 Å². The van der Waals surface area contributed by atoms with Gasteiger partial charge in [0.15, 0.2) is 0 Å². The maximum Gasteiger partial charge on any atom is 0.202 e. The lowest BCUT2D eigenvalue weighted by Gasteiger charge is -2.13. The summed E-state index contributed by atoms with van der Waals surface area (Å²) in [4.78, 5) is 7.35. The molecule has 0 aliphatic rings. The summed E-state index contributed by atoms with van der Waals surface area (Å²) in [5.41, 5.74) is 0.0184. The fourth-order valence-electron chi connectivity index (χ4n) is 1.75. The molecule has 0 aromatic carbocycles. The Labute approximate surface area is 123 Å². The number of nitrogens with one attached hydrogen (secondary N) is 1. The van der Waals surface area contributed by atoms with Crippen LogP contribution >= 0.6 is 22.9 Å². The first-order chi connectivity index (χ1) is 8.84. The van der Waals surface area contributed by atoms with Crippen LogP contribution in [0.1, 0.15) is 43.3 Å². The van der Waals surface area contributed by atoms with Gasteiger partial charge in [-0.15, -0.1) is 11.3 Å². The van der Waals surface area contributed by atoms with Crippen LogP contribution in [-0.4, -0.2) is 15.4 Å². The van der Waals surface area contributed by atoms with Gasteiger partial charge in [-0.1, -0.05) is 20.8 Å². The maximum absolute atomic E-state index is 4.57. The number of rotatable bonds is 4. The second-order valence-corrected chi connectivity index (χ2v) is 8.06. The molecule has 0 saturated heterocycles. The number of nitrogens with zero attached hydrogens (tertiary/aromatic N) is 2. The quantitative estimate of drug-likeness (QED) is 0.916. The van der Waals surface area contributed by atoms with E-state index in [2.05, 4.69) is 61.4 Å². The summed E-state index contributed by atoms with van der Waals surface area (Å²) in [6.45, 7) is 10.7. The molecule has 2 aromatic rings. The number of hydrogen-bond acceptors (Lipinski definition) is 5. The average Bonchev–Trinajstić information content (AvgIpc) is 2.87. The molecule has 0 amide bonds. The van der Waals surface area contributed by atoms with E-state index >= 15 is 0 Å². The summed E-state index contributed by atoms with van der Waals surface area (Å²) < 4.78 is 4.42. The highest BCUT2D eigenvalue weighted by molar-refractivity contribution is 7.11. The average molecular weight is 295 g/mol. The van der Waals surface area contributed by atoms with Crippen molar-refractivity contribution in [3.63, 3.8) is 0 Å². The highest BCUT2D eigenvalue weighted by Crippen LogP contribution is 2.24. The Balaban J connectivity index is 1.95. The van der Waals surface area contributed by atoms with Crippen LogP contribution in [-0.2, 0) is 11.8 Å². The van der Waals surface area contributed by atoms with Crippen LogP contribution in [0.2, 0.25) is 0 Å². The van der Waals surface area contributed by atoms with Gasteiger partial charge in [-0.3, -0.25) is 0 Å². The van der Waals surface area contributed by atoms with E-state index in [-0.39, 0.29) is 5.41 Å². The molecule has 2 rings (SSSR count). The molecule has 2 heterocycles. The van der Waals surface area contributed by atoms with E-state index in [1.54, 1.807) is 0 Å². The molecule has 0 spiro atoms. The van der Waals surface area contributed by atoms with E-state index in [0.717, 1.165) is 17.4 Å². The lowest BCUT2D eigenvalue weighted by atomic mass is 9.96.